The van der Waals surface area contributed by atoms with E-state index < -0.39 is 12.1 Å². The minimum absolute atomic E-state index is 0.0274. The van der Waals surface area contributed by atoms with Crippen LogP contribution in [-0.4, -0.2) is 53.3 Å². The number of hydrogen-bond donors (Lipinski definition) is 2. The van der Waals surface area contributed by atoms with Gasteiger partial charge in [0.2, 0.25) is 5.91 Å². The van der Waals surface area contributed by atoms with Crippen molar-refractivity contribution < 1.29 is 14.4 Å². The minimum atomic E-state index is -0.887. The van der Waals surface area contributed by atoms with E-state index in [4.69, 9.17) is 34.8 Å². The molecule has 0 spiro atoms. The van der Waals surface area contributed by atoms with Crippen molar-refractivity contribution in [2.75, 3.05) is 25.0 Å². The molecule has 0 saturated carbocycles. The van der Waals surface area contributed by atoms with Crippen LogP contribution in [-0.2, 0) is 11.2 Å². The first kappa shape index (κ1) is 26.4. The predicted octanol–water partition coefficient (Wildman–Crippen LogP) is 5.81. The summed E-state index contributed by atoms with van der Waals surface area (Å²) in [5, 5.41) is 7.05. The lowest BCUT2D eigenvalue weighted by molar-refractivity contribution is -0.127. The number of carbonyl (C=O) groups excluding carboxylic acids is 3. The highest BCUT2D eigenvalue weighted by molar-refractivity contribution is 6.42. The molecule has 7 nitrogen and oxygen atoms in total. The number of amides is 4. The molecule has 1 aliphatic heterocycles. The van der Waals surface area contributed by atoms with Gasteiger partial charge in [-0.3, -0.25) is 9.59 Å². The molecular weight excluding hydrogens is 547 g/mol. The zero-order chi connectivity index (χ0) is 26.8. The molecule has 3 aromatic rings. The first-order valence-corrected chi connectivity index (χ1v) is 13.4. The van der Waals surface area contributed by atoms with Crippen LogP contribution in [0.5, 0.6) is 0 Å². The molecule has 2 aliphatic rings. The number of anilines is 1. The molecule has 1 aliphatic carbocycles. The van der Waals surface area contributed by atoms with Gasteiger partial charge in [0.25, 0.3) is 5.91 Å². The van der Waals surface area contributed by atoms with E-state index in [9.17, 15) is 14.4 Å². The number of nitrogens with one attached hydrogen (secondary N) is 2. The topological polar surface area (TPSA) is 81.8 Å². The molecule has 1 heterocycles. The summed E-state index contributed by atoms with van der Waals surface area (Å²) in [5.41, 5.74) is 3.15. The van der Waals surface area contributed by atoms with Crippen molar-refractivity contribution in [1.82, 2.24) is 15.1 Å². The van der Waals surface area contributed by atoms with E-state index in [1.165, 1.54) is 15.4 Å². The Morgan fingerprint density at radius 3 is 2.47 bits per heavy atom. The molecule has 0 radical (unpaired) electrons. The van der Waals surface area contributed by atoms with Crippen molar-refractivity contribution in [1.29, 1.82) is 0 Å². The van der Waals surface area contributed by atoms with Crippen molar-refractivity contribution in [3.8, 4) is 0 Å². The Morgan fingerprint density at radius 2 is 1.68 bits per heavy atom. The molecule has 5 rings (SSSR count). The Kier molecular flexibility index (Phi) is 7.79. The number of benzene rings is 3. The first-order valence-electron chi connectivity index (χ1n) is 12.3. The minimum Gasteiger partial charge on any atom is -0.347 e. The van der Waals surface area contributed by atoms with E-state index in [1.54, 1.807) is 42.5 Å². The largest absolute Gasteiger partial charge is 0.347 e. The van der Waals surface area contributed by atoms with Crippen molar-refractivity contribution in [3.63, 3.8) is 0 Å². The Labute approximate surface area is 235 Å². The highest BCUT2D eigenvalue weighted by Crippen LogP contribution is 2.31. The monoisotopic (exact) mass is 570 g/mol. The summed E-state index contributed by atoms with van der Waals surface area (Å²) < 4.78 is 0. The summed E-state index contributed by atoms with van der Waals surface area (Å²) in [6, 6.07) is 18.0. The smallest absolute Gasteiger partial charge is 0.321 e. The average molecular weight is 572 g/mol. The fourth-order valence-corrected chi connectivity index (χ4v) is 5.46. The summed E-state index contributed by atoms with van der Waals surface area (Å²) in [6.45, 7) is 0.453. The standard InChI is InChI=1S/C28H25Cl3N4O3/c29-19-6-3-5-18(14-19)27(37)35-13-12-34(28(38)32-20-9-10-22(30)23(31)15-20)16-25(35)26(36)33-24-11-8-17-4-1-2-7-21(17)24/h1-7,9-10,14-15,24-25H,8,11-13,16H2,(H,32,38)(H,33,36)/t24-,25-/m0/s1. The maximum absolute atomic E-state index is 13.7. The van der Waals surface area contributed by atoms with Crippen LogP contribution < -0.4 is 10.6 Å². The predicted molar refractivity (Wildman–Crippen MR) is 149 cm³/mol. The van der Waals surface area contributed by atoms with Gasteiger partial charge in [-0.05, 0) is 60.4 Å². The van der Waals surface area contributed by atoms with Gasteiger partial charge in [0, 0.05) is 29.4 Å². The fourth-order valence-electron chi connectivity index (χ4n) is 4.97. The second kappa shape index (κ2) is 11.2. The van der Waals surface area contributed by atoms with Gasteiger partial charge in [-0.15, -0.1) is 0 Å². The third-order valence-electron chi connectivity index (χ3n) is 6.92. The molecule has 2 N–H and O–H groups in total. The number of aryl methyl sites for hydroxylation is 1. The highest BCUT2D eigenvalue weighted by atomic mass is 35.5. The Balaban J connectivity index is 1.36. The number of nitrogens with zero attached hydrogens (tertiary/aromatic N) is 2. The maximum Gasteiger partial charge on any atom is 0.321 e. The molecule has 1 fully saturated rings. The van der Waals surface area contributed by atoms with Crippen molar-refractivity contribution >= 4 is 58.3 Å². The molecule has 38 heavy (non-hydrogen) atoms. The van der Waals surface area contributed by atoms with E-state index in [1.807, 2.05) is 18.2 Å². The SMILES string of the molecule is O=C(N[C@H]1CCc2ccccc21)[C@@H]1CN(C(=O)Nc2ccc(Cl)c(Cl)c2)CCN1C(=O)c1cccc(Cl)c1. The number of hydrogen-bond acceptors (Lipinski definition) is 3. The average Bonchev–Trinajstić information content (AvgIpc) is 3.32. The zero-order valence-electron chi connectivity index (χ0n) is 20.3. The summed E-state index contributed by atoms with van der Waals surface area (Å²) in [4.78, 5) is 43.3. The fraction of sp³-hybridized carbons (Fsp3) is 0.250. The van der Waals surface area contributed by atoms with E-state index in [0.717, 1.165) is 18.4 Å². The summed E-state index contributed by atoms with van der Waals surface area (Å²) in [6.07, 6.45) is 1.65. The van der Waals surface area contributed by atoms with Crippen molar-refractivity contribution in [3.05, 3.63) is 98.5 Å². The molecule has 1 saturated heterocycles. The van der Waals surface area contributed by atoms with Crippen molar-refractivity contribution in [2.24, 2.45) is 0 Å². The molecule has 0 unspecified atom stereocenters. The van der Waals surface area contributed by atoms with Gasteiger partial charge in [0.15, 0.2) is 0 Å². The lowest BCUT2D eigenvalue weighted by Gasteiger charge is -2.41. The second-order valence-corrected chi connectivity index (χ2v) is 10.6. The van der Waals surface area contributed by atoms with Crippen LogP contribution in [0, 0.1) is 0 Å². The number of carbonyl (C=O) groups is 3. The third kappa shape index (κ3) is 5.60. The molecule has 0 bridgehead atoms. The first-order chi connectivity index (χ1) is 18.3. The highest BCUT2D eigenvalue weighted by Gasteiger charge is 2.39. The van der Waals surface area contributed by atoms with Crippen molar-refractivity contribution in [2.45, 2.75) is 24.9 Å². The van der Waals surface area contributed by atoms with Crippen LogP contribution in [0.4, 0.5) is 10.5 Å². The van der Waals surface area contributed by atoms with Crippen LogP contribution in [0.25, 0.3) is 0 Å². The molecule has 10 heteroatoms. The van der Waals surface area contributed by atoms with Gasteiger partial charge in [-0.1, -0.05) is 65.1 Å². The van der Waals surface area contributed by atoms with Crippen LogP contribution in [0.3, 0.4) is 0 Å². The van der Waals surface area contributed by atoms with Gasteiger partial charge < -0.3 is 20.4 Å². The maximum atomic E-state index is 13.7. The van der Waals surface area contributed by atoms with Crippen LogP contribution in [0.15, 0.2) is 66.7 Å². The van der Waals surface area contributed by atoms with E-state index in [-0.39, 0.29) is 37.5 Å². The molecule has 2 atom stereocenters. The second-order valence-electron chi connectivity index (χ2n) is 9.33. The number of halogens is 3. The zero-order valence-corrected chi connectivity index (χ0v) is 22.6. The summed E-state index contributed by atoms with van der Waals surface area (Å²) in [5.74, 6) is -0.627. The third-order valence-corrected chi connectivity index (χ3v) is 7.90. The molecule has 196 valence electrons. The lowest BCUT2D eigenvalue weighted by atomic mass is 10.1. The van der Waals surface area contributed by atoms with E-state index >= 15 is 0 Å². The Hall–Kier alpha value is -3.26. The Morgan fingerprint density at radius 1 is 0.868 bits per heavy atom. The van der Waals surface area contributed by atoms with E-state index in [2.05, 4.69) is 16.7 Å². The number of fused-ring (bicyclic) bond motifs is 1. The van der Waals surface area contributed by atoms with Crippen LogP contribution >= 0.6 is 34.8 Å². The summed E-state index contributed by atoms with van der Waals surface area (Å²) in [7, 11) is 0. The Bertz CT molecular complexity index is 1400. The number of piperazine rings is 1. The summed E-state index contributed by atoms with van der Waals surface area (Å²) >= 11 is 18.2. The van der Waals surface area contributed by atoms with Gasteiger partial charge >= 0.3 is 6.03 Å². The molecule has 0 aromatic heterocycles. The molecular formula is C28H25Cl3N4O3. The normalized spacial score (nSPS) is 18.6. The van der Waals surface area contributed by atoms with Gasteiger partial charge in [-0.2, -0.15) is 0 Å². The molecule has 3 aromatic carbocycles. The lowest BCUT2D eigenvalue weighted by Crippen LogP contribution is -2.62. The number of urea groups is 1. The molecule has 4 amide bonds. The number of rotatable bonds is 4. The van der Waals surface area contributed by atoms with Gasteiger partial charge in [0.05, 0.1) is 22.6 Å². The van der Waals surface area contributed by atoms with Gasteiger partial charge in [-0.25, -0.2) is 4.79 Å². The quantitative estimate of drug-likeness (QED) is 0.415. The van der Waals surface area contributed by atoms with Gasteiger partial charge in [0.1, 0.15) is 6.04 Å². The van der Waals surface area contributed by atoms with Crippen LogP contribution in [0.2, 0.25) is 15.1 Å². The van der Waals surface area contributed by atoms with Crippen LogP contribution in [0.1, 0.15) is 33.9 Å². The van der Waals surface area contributed by atoms with E-state index in [0.29, 0.717) is 26.3 Å².